The number of aromatic nitrogens is 1. The number of H-pyrrole nitrogens is 1. The number of carbonyl (C=O) groups excluding carboxylic acids is 1. The van der Waals surface area contributed by atoms with Gasteiger partial charge >= 0.3 is 0 Å². The Labute approximate surface area is 138 Å². The molecule has 24 heavy (non-hydrogen) atoms. The zero-order chi connectivity index (χ0) is 17.5. The average Bonchev–Trinajstić information content (AvgIpc) is 2.84. The zero-order valence-electron chi connectivity index (χ0n) is 13.0. The molecule has 0 bridgehead atoms. The molecule has 0 saturated heterocycles. The summed E-state index contributed by atoms with van der Waals surface area (Å²) in [5.74, 6) is -0.791. The first-order valence-corrected chi connectivity index (χ1v) is 9.01. The molecule has 0 aliphatic carbocycles. The smallest absolute Gasteiger partial charge is 0.261 e. The molecule has 1 aromatic heterocycles. The average molecular weight is 344 g/mol. The van der Waals surface area contributed by atoms with Crippen LogP contribution in [0.4, 0.5) is 0 Å². The molecular formula is C17H16N2O4S. The number of carbonyl (C=O) groups is 1. The molecule has 0 spiro atoms. The fraction of sp³-hybridized carbons (Fsp3) is 0.176. The van der Waals surface area contributed by atoms with Gasteiger partial charge in [0.05, 0.1) is 11.8 Å². The summed E-state index contributed by atoms with van der Waals surface area (Å²) in [6, 6.07) is 6.33. The second-order valence-corrected chi connectivity index (χ2v) is 7.76. The zero-order valence-corrected chi connectivity index (χ0v) is 13.8. The SMILES string of the molecule is C=C(C)c1ccc2cc(C(=O)NC3C=CS(=O)(=O)C3)c(=O)[nH]c2c1. The quantitative estimate of drug-likeness (QED) is 0.884. The first-order chi connectivity index (χ1) is 11.2. The molecule has 6 nitrogen and oxygen atoms in total. The van der Waals surface area contributed by atoms with Crippen LogP contribution in [-0.4, -0.2) is 31.1 Å². The van der Waals surface area contributed by atoms with Crippen LogP contribution in [0.15, 0.2) is 47.1 Å². The molecule has 124 valence electrons. The van der Waals surface area contributed by atoms with Gasteiger partial charge in [-0.1, -0.05) is 24.3 Å². The summed E-state index contributed by atoms with van der Waals surface area (Å²) in [5, 5.41) is 4.33. The van der Waals surface area contributed by atoms with Crippen LogP contribution in [0.2, 0.25) is 0 Å². The predicted octanol–water partition coefficient (Wildman–Crippen LogP) is 1.60. The van der Waals surface area contributed by atoms with Gasteiger partial charge in [-0.3, -0.25) is 9.59 Å². The molecule has 1 aliphatic rings. The summed E-state index contributed by atoms with van der Waals surface area (Å²) in [5.41, 5.74) is 1.80. The molecule has 1 amide bonds. The number of aromatic amines is 1. The van der Waals surface area contributed by atoms with Crippen LogP contribution >= 0.6 is 0 Å². The maximum absolute atomic E-state index is 12.3. The maximum atomic E-state index is 12.3. The number of hydrogen-bond acceptors (Lipinski definition) is 4. The van der Waals surface area contributed by atoms with E-state index in [4.69, 9.17) is 0 Å². The number of amides is 1. The first-order valence-electron chi connectivity index (χ1n) is 7.30. The van der Waals surface area contributed by atoms with Crippen LogP contribution < -0.4 is 10.9 Å². The van der Waals surface area contributed by atoms with Crippen molar-refractivity contribution >= 4 is 32.2 Å². The van der Waals surface area contributed by atoms with Gasteiger partial charge in [0.25, 0.3) is 11.5 Å². The van der Waals surface area contributed by atoms with Crippen LogP contribution in [0, 0.1) is 0 Å². The van der Waals surface area contributed by atoms with E-state index in [-0.39, 0.29) is 11.3 Å². The lowest BCUT2D eigenvalue weighted by Gasteiger charge is -2.10. The number of benzene rings is 1. The van der Waals surface area contributed by atoms with Crippen molar-refractivity contribution in [1.29, 1.82) is 0 Å². The summed E-state index contributed by atoms with van der Waals surface area (Å²) in [7, 11) is -3.27. The van der Waals surface area contributed by atoms with E-state index in [1.54, 1.807) is 12.1 Å². The number of rotatable bonds is 3. The van der Waals surface area contributed by atoms with Crippen LogP contribution in [0.1, 0.15) is 22.8 Å². The Morgan fingerprint density at radius 2 is 2.08 bits per heavy atom. The highest BCUT2D eigenvalue weighted by atomic mass is 32.2. The lowest BCUT2D eigenvalue weighted by Crippen LogP contribution is -2.38. The summed E-state index contributed by atoms with van der Waals surface area (Å²) >= 11 is 0. The monoisotopic (exact) mass is 344 g/mol. The van der Waals surface area contributed by atoms with E-state index in [1.807, 2.05) is 13.0 Å². The Hall–Kier alpha value is -2.67. The molecule has 1 atom stereocenters. The van der Waals surface area contributed by atoms with Crippen LogP contribution in [0.25, 0.3) is 16.5 Å². The fourth-order valence-corrected chi connectivity index (χ4v) is 3.78. The number of pyridine rings is 1. The van der Waals surface area contributed by atoms with E-state index >= 15 is 0 Å². The van der Waals surface area contributed by atoms with Crippen molar-refractivity contribution in [2.45, 2.75) is 13.0 Å². The standard InChI is InChI=1S/C17H16N2O4S/c1-10(2)11-3-4-12-7-14(17(21)19-15(12)8-11)16(20)18-13-5-6-24(22,23)9-13/h3-8,13H,1,9H2,2H3,(H,18,20)(H,19,21). The van der Waals surface area contributed by atoms with E-state index < -0.39 is 27.3 Å². The fourth-order valence-electron chi connectivity index (χ4n) is 2.55. The second-order valence-electron chi connectivity index (χ2n) is 5.83. The summed E-state index contributed by atoms with van der Waals surface area (Å²) in [4.78, 5) is 27.1. The third kappa shape index (κ3) is 3.16. The third-order valence-corrected chi connectivity index (χ3v) is 5.23. The molecular weight excluding hydrogens is 328 g/mol. The molecule has 0 saturated carbocycles. The van der Waals surface area contributed by atoms with Crippen molar-refractivity contribution in [3.05, 3.63) is 63.8 Å². The molecule has 1 aromatic carbocycles. The molecule has 1 unspecified atom stereocenters. The van der Waals surface area contributed by atoms with E-state index in [0.29, 0.717) is 10.9 Å². The van der Waals surface area contributed by atoms with Crippen LogP contribution in [0.5, 0.6) is 0 Å². The lowest BCUT2D eigenvalue weighted by molar-refractivity contribution is 0.0946. The van der Waals surface area contributed by atoms with Gasteiger partial charge in [0.15, 0.2) is 9.84 Å². The Kier molecular flexibility index (Phi) is 3.88. The Morgan fingerprint density at radius 1 is 1.33 bits per heavy atom. The highest BCUT2D eigenvalue weighted by molar-refractivity contribution is 7.94. The number of fused-ring (bicyclic) bond motifs is 1. The molecule has 2 N–H and O–H groups in total. The van der Waals surface area contributed by atoms with Gasteiger partial charge in [0.1, 0.15) is 5.56 Å². The molecule has 2 heterocycles. The number of hydrogen-bond donors (Lipinski definition) is 2. The topological polar surface area (TPSA) is 96.1 Å². The van der Waals surface area contributed by atoms with Gasteiger partial charge in [-0.15, -0.1) is 0 Å². The molecule has 2 aromatic rings. The molecule has 0 fully saturated rings. The highest BCUT2D eigenvalue weighted by Gasteiger charge is 2.24. The van der Waals surface area contributed by atoms with Crippen molar-refractivity contribution in [2.24, 2.45) is 0 Å². The van der Waals surface area contributed by atoms with Crippen molar-refractivity contribution in [3.63, 3.8) is 0 Å². The van der Waals surface area contributed by atoms with Crippen molar-refractivity contribution in [3.8, 4) is 0 Å². The lowest BCUT2D eigenvalue weighted by atomic mass is 10.1. The minimum absolute atomic E-state index is 0.0525. The number of nitrogens with one attached hydrogen (secondary N) is 2. The van der Waals surface area contributed by atoms with E-state index in [1.165, 1.54) is 12.1 Å². The van der Waals surface area contributed by atoms with E-state index in [9.17, 15) is 18.0 Å². The summed E-state index contributed by atoms with van der Waals surface area (Å²) < 4.78 is 22.7. The number of allylic oxidation sites excluding steroid dienone is 1. The number of sulfone groups is 1. The van der Waals surface area contributed by atoms with Gasteiger partial charge < -0.3 is 10.3 Å². The molecule has 1 aliphatic heterocycles. The van der Waals surface area contributed by atoms with Crippen molar-refractivity contribution in [1.82, 2.24) is 10.3 Å². The van der Waals surface area contributed by atoms with E-state index in [0.717, 1.165) is 16.5 Å². The Morgan fingerprint density at radius 3 is 2.71 bits per heavy atom. The van der Waals surface area contributed by atoms with Crippen molar-refractivity contribution in [2.75, 3.05) is 5.75 Å². The Balaban J connectivity index is 1.92. The molecule has 3 rings (SSSR count). The molecule has 0 radical (unpaired) electrons. The van der Waals surface area contributed by atoms with Gasteiger partial charge in [0, 0.05) is 10.9 Å². The van der Waals surface area contributed by atoms with Crippen molar-refractivity contribution < 1.29 is 13.2 Å². The molecule has 7 heteroatoms. The van der Waals surface area contributed by atoms with Crippen LogP contribution in [0.3, 0.4) is 0 Å². The Bertz CT molecular complexity index is 1050. The van der Waals surface area contributed by atoms with Crippen LogP contribution in [-0.2, 0) is 9.84 Å². The van der Waals surface area contributed by atoms with E-state index in [2.05, 4.69) is 16.9 Å². The minimum Gasteiger partial charge on any atom is -0.345 e. The summed E-state index contributed by atoms with van der Waals surface area (Å²) in [6.07, 6.45) is 1.40. The normalized spacial score (nSPS) is 18.6. The highest BCUT2D eigenvalue weighted by Crippen LogP contribution is 2.18. The summed E-state index contributed by atoms with van der Waals surface area (Å²) in [6.45, 7) is 5.72. The third-order valence-electron chi connectivity index (χ3n) is 3.83. The van der Waals surface area contributed by atoms with Gasteiger partial charge in [-0.2, -0.15) is 0 Å². The largest absolute Gasteiger partial charge is 0.345 e. The predicted molar refractivity (Wildman–Crippen MR) is 93.5 cm³/mol. The van der Waals surface area contributed by atoms with Gasteiger partial charge in [-0.05, 0) is 36.1 Å². The second kappa shape index (κ2) is 5.76. The van der Waals surface area contributed by atoms with Gasteiger partial charge in [-0.25, -0.2) is 8.42 Å². The first kappa shape index (κ1) is 16.2. The minimum atomic E-state index is -3.27. The van der Waals surface area contributed by atoms with Gasteiger partial charge in [0.2, 0.25) is 0 Å². The maximum Gasteiger partial charge on any atom is 0.261 e.